The highest BCUT2D eigenvalue weighted by Gasteiger charge is 2.46. The summed E-state index contributed by atoms with van der Waals surface area (Å²) in [5, 5.41) is 4.98. The monoisotopic (exact) mass is 612 g/mol. The van der Waals surface area contributed by atoms with Gasteiger partial charge in [-0.2, -0.15) is 0 Å². The summed E-state index contributed by atoms with van der Waals surface area (Å²) < 4.78 is 0. The van der Waals surface area contributed by atoms with Crippen LogP contribution < -0.4 is 5.32 Å². The highest BCUT2D eigenvalue weighted by Crippen LogP contribution is 2.47. The van der Waals surface area contributed by atoms with Crippen molar-refractivity contribution in [2.75, 3.05) is 26.2 Å². The maximum atomic E-state index is 6.31. The summed E-state index contributed by atoms with van der Waals surface area (Å²) in [7, 11) is 0. The molecule has 1 atom stereocenters. The lowest BCUT2D eigenvalue weighted by molar-refractivity contribution is 0.0673. The first-order valence-corrected chi connectivity index (χ1v) is 12.8. The van der Waals surface area contributed by atoms with Gasteiger partial charge in [0, 0.05) is 53.4 Å². The molecule has 0 spiro atoms. The van der Waals surface area contributed by atoms with E-state index in [9.17, 15) is 0 Å². The summed E-state index contributed by atoms with van der Waals surface area (Å²) in [6, 6.07) is 26.8. The molecule has 1 unspecified atom stereocenters. The van der Waals surface area contributed by atoms with E-state index < -0.39 is 5.54 Å². The number of H-pyrrole nitrogens is 1. The SMILES string of the molecule is Cc1[nH]c(-c2ccccc2)nc1C(C)(C(c1ccc(Cl)cc1)c1ccc(Cl)cc1)N1CCNCC1.Cl.Cl.Cl. The van der Waals surface area contributed by atoms with Crippen molar-refractivity contribution in [3.05, 3.63) is 111 Å². The van der Waals surface area contributed by atoms with E-state index in [1.165, 1.54) is 11.1 Å². The second-order valence-electron chi connectivity index (χ2n) is 9.35. The molecule has 3 aromatic carbocycles. The van der Waals surface area contributed by atoms with Gasteiger partial charge in [0.2, 0.25) is 0 Å². The van der Waals surface area contributed by atoms with Gasteiger partial charge < -0.3 is 10.3 Å². The first-order chi connectivity index (χ1) is 17.0. The lowest BCUT2D eigenvalue weighted by Crippen LogP contribution is -2.56. The normalized spacial score (nSPS) is 15.1. The predicted octanol–water partition coefficient (Wildman–Crippen LogP) is 7.91. The van der Waals surface area contributed by atoms with E-state index >= 15 is 0 Å². The molecule has 1 fully saturated rings. The van der Waals surface area contributed by atoms with E-state index in [1.807, 2.05) is 42.5 Å². The van der Waals surface area contributed by atoms with Crippen molar-refractivity contribution in [3.8, 4) is 11.4 Å². The van der Waals surface area contributed by atoms with Gasteiger partial charge in [-0.05, 0) is 49.2 Å². The molecule has 2 N–H and O–H groups in total. The molecule has 0 saturated carbocycles. The second-order valence-corrected chi connectivity index (χ2v) is 10.2. The fourth-order valence-electron chi connectivity index (χ4n) is 5.44. The minimum atomic E-state index is -0.419. The van der Waals surface area contributed by atoms with Crippen molar-refractivity contribution in [2.24, 2.45) is 0 Å². The maximum absolute atomic E-state index is 6.31. The Morgan fingerprint density at radius 2 is 1.29 bits per heavy atom. The molecule has 0 bridgehead atoms. The average Bonchev–Trinajstić information content (AvgIpc) is 3.29. The number of aryl methyl sites for hydroxylation is 1. The minimum Gasteiger partial charge on any atom is -0.342 e. The van der Waals surface area contributed by atoms with Gasteiger partial charge >= 0.3 is 0 Å². The topological polar surface area (TPSA) is 44.0 Å². The molecule has 1 aromatic heterocycles. The second kappa shape index (κ2) is 14.0. The van der Waals surface area contributed by atoms with Crippen LogP contribution in [0.4, 0.5) is 0 Å². The lowest BCUT2D eigenvalue weighted by Gasteiger charge is -2.48. The Labute approximate surface area is 253 Å². The fraction of sp³-hybridized carbons (Fsp3) is 0.276. The van der Waals surface area contributed by atoms with Crippen LogP contribution >= 0.6 is 60.4 Å². The van der Waals surface area contributed by atoms with Crippen LogP contribution in [0.1, 0.15) is 35.4 Å². The van der Waals surface area contributed by atoms with E-state index in [1.54, 1.807) is 0 Å². The number of benzene rings is 3. The van der Waals surface area contributed by atoms with Gasteiger partial charge in [0.15, 0.2) is 0 Å². The van der Waals surface area contributed by atoms with E-state index in [0.29, 0.717) is 0 Å². The molecule has 1 saturated heterocycles. The van der Waals surface area contributed by atoms with Crippen LogP contribution in [0.15, 0.2) is 78.9 Å². The Kier molecular flexibility index (Phi) is 12.0. The smallest absolute Gasteiger partial charge is 0.137 e. The van der Waals surface area contributed by atoms with Gasteiger partial charge in [0.05, 0.1) is 11.2 Å². The van der Waals surface area contributed by atoms with E-state index in [4.69, 9.17) is 28.2 Å². The summed E-state index contributed by atoms with van der Waals surface area (Å²) in [5.74, 6) is 0.908. The molecule has 1 aliphatic rings. The number of hydrogen-bond acceptors (Lipinski definition) is 3. The number of hydrogen-bond donors (Lipinski definition) is 2. The fourth-order valence-corrected chi connectivity index (χ4v) is 5.69. The number of imidazole rings is 1. The van der Waals surface area contributed by atoms with Gasteiger partial charge in [-0.1, -0.05) is 77.8 Å². The lowest BCUT2D eigenvalue weighted by atomic mass is 9.72. The first kappa shape index (κ1) is 32.5. The quantitative estimate of drug-likeness (QED) is 0.232. The zero-order valence-electron chi connectivity index (χ0n) is 21.3. The molecule has 1 aliphatic heterocycles. The van der Waals surface area contributed by atoms with Crippen LogP contribution in [-0.4, -0.2) is 41.0 Å². The molecule has 0 radical (unpaired) electrons. The summed E-state index contributed by atoms with van der Waals surface area (Å²) in [6.07, 6.45) is 0. The number of piperazine rings is 1. The number of halogens is 5. The van der Waals surface area contributed by atoms with Crippen molar-refractivity contribution < 1.29 is 0 Å². The molecular weight excluding hydrogens is 582 g/mol. The molecule has 0 amide bonds. The minimum absolute atomic E-state index is 0. The molecular formula is C29H33Cl5N4. The van der Waals surface area contributed by atoms with Crippen molar-refractivity contribution >= 4 is 60.4 Å². The van der Waals surface area contributed by atoms with E-state index in [-0.39, 0.29) is 43.1 Å². The van der Waals surface area contributed by atoms with Gasteiger partial charge in [-0.3, -0.25) is 4.90 Å². The predicted molar refractivity (Wildman–Crippen MR) is 167 cm³/mol. The Morgan fingerprint density at radius 1 is 0.789 bits per heavy atom. The summed E-state index contributed by atoms with van der Waals surface area (Å²) in [4.78, 5) is 11.4. The van der Waals surface area contributed by atoms with E-state index in [0.717, 1.165) is 59.0 Å². The summed E-state index contributed by atoms with van der Waals surface area (Å²) in [5.41, 5.74) is 5.20. The Morgan fingerprint density at radius 3 is 1.79 bits per heavy atom. The average molecular weight is 615 g/mol. The van der Waals surface area contributed by atoms with Crippen molar-refractivity contribution in [1.82, 2.24) is 20.2 Å². The standard InChI is InChI=1S/C29H30Cl2N4.3ClH/c1-20-27(34-28(33-20)23-6-4-3-5-7-23)29(2,35-18-16-32-17-19-35)26(21-8-12-24(30)13-9-21)22-10-14-25(31)15-11-22;;;/h3-15,26,32H,16-19H2,1-2H3,(H,33,34);3*1H. The summed E-state index contributed by atoms with van der Waals surface area (Å²) in [6.45, 7) is 8.22. The Bertz CT molecular complexity index is 1230. The molecule has 4 aromatic rings. The Hall–Kier alpha value is -1.76. The van der Waals surface area contributed by atoms with Crippen LogP contribution in [0.25, 0.3) is 11.4 Å². The van der Waals surface area contributed by atoms with Gasteiger partial charge in [0.1, 0.15) is 5.82 Å². The molecule has 38 heavy (non-hydrogen) atoms. The van der Waals surface area contributed by atoms with Gasteiger partial charge in [-0.25, -0.2) is 4.98 Å². The highest BCUT2D eigenvalue weighted by atomic mass is 35.5. The van der Waals surface area contributed by atoms with Gasteiger partial charge in [-0.15, -0.1) is 37.2 Å². The van der Waals surface area contributed by atoms with Crippen molar-refractivity contribution in [2.45, 2.75) is 25.3 Å². The van der Waals surface area contributed by atoms with Gasteiger partial charge in [0.25, 0.3) is 0 Å². The zero-order valence-corrected chi connectivity index (χ0v) is 25.2. The van der Waals surface area contributed by atoms with Crippen LogP contribution in [0, 0.1) is 6.92 Å². The molecule has 0 aliphatic carbocycles. The number of nitrogens with zero attached hydrogens (tertiary/aromatic N) is 2. The maximum Gasteiger partial charge on any atom is 0.137 e. The number of aromatic nitrogens is 2. The molecule has 204 valence electrons. The highest BCUT2D eigenvalue weighted by molar-refractivity contribution is 6.30. The molecule has 4 nitrogen and oxygen atoms in total. The van der Waals surface area contributed by atoms with Crippen LogP contribution in [0.3, 0.4) is 0 Å². The molecule has 9 heteroatoms. The van der Waals surface area contributed by atoms with Crippen LogP contribution in [0.5, 0.6) is 0 Å². The van der Waals surface area contributed by atoms with E-state index in [2.05, 4.69) is 65.4 Å². The third-order valence-electron chi connectivity index (χ3n) is 7.15. The number of rotatable bonds is 6. The largest absolute Gasteiger partial charge is 0.342 e. The summed E-state index contributed by atoms with van der Waals surface area (Å²) >= 11 is 12.6. The number of nitrogens with one attached hydrogen (secondary N) is 2. The van der Waals surface area contributed by atoms with Crippen molar-refractivity contribution in [1.29, 1.82) is 0 Å². The first-order valence-electron chi connectivity index (χ1n) is 12.1. The Balaban J connectivity index is 0.00000169. The number of aromatic amines is 1. The molecule has 5 rings (SSSR count). The van der Waals surface area contributed by atoms with Crippen LogP contribution in [-0.2, 0) is 5.54 Å². The zero-order chi connectivity index (χ0) is 24.4. The van der Waals surface area contributed by atoms with Crippen LogP contribution in [0.2, 0.25) is 10.0 Å². The van der Waals surface area contributed by atoms with Crippen molar-refractivity contribution in [3.63, 3.8) is 0 Å². The third kappa shape index (κ3) is 6.51. The third-order valence-corrected chi connectivity index (χ3v) is 7.66. The molecule has 2 heterocycles.